The second kappa shape index (κ2) is 9.61. The minimum atomic E-state index is -3.70. The first-order chi connectivity index (χ1) is 14.8. The topological polar surface area (TPSA) is 123 Å². The van der Waals surface area contributed by atoms with Crippen LogP contribution in [-0.2, 0) is 24.3 Å². The zero-order valence-electron chi connectivity index (χ0n) is 17.1. The number of sulfonamides is 1. The molecule has 1 heterocycles. The first-order valence-corrected chi connectivity index (χ1v) is 11.1. The summed E-state index contributed by atoms with van der Waals surface area (Å²) < 4.78 is 37.0. The molecule has 0 aliphatic carbocycles. The summed E-state index contributed by atoms with van der Waals surface area (Å²) in [4.78, 5) is 28.2. The fraction of sp³-hybridized carbons (Fsp3) is 0.286. The standard InChI is InChI=1S/C21H23N3O6S/c1-14-6-5-7-16(12-14)29-11-10-22-19(25)13-30-21(26)15(2)23-20-17-8-3-4-9-18(17)31(27,28)24-20/h3-9,12,15H,10-11,13H2,1-2H3,(H,22,25)(H,23,24)/t15-/m0/s1. The maximum absolute atomic E-state index is 12.1. The van der Waals surface area contributed by atoms with E-state index in [1.165, 1.54) is 13.0 Å². The number of esters is 1. The van der Waals surface area contributed by atoms with Crippen molar-refractivity contribution in [2.45, 2.75) is 24.8 Å². The van der Waals surface area contributed by atoms with Gasteiger partial charge in [0.1, 0.15) is 24.2 Å². The maximum atomic E-state index is 12.1. The molecule has 1 atom stereocenters. The molecule has 2 aromatic carbocycles. The number of nitrogens with one attached hydrogen (secondary N) is 2. The zero-order valence-corrected chi connectivity index (χ0v) is 17.9. The summed E-state index contributed by atoms with van der Waals surface area (Å²) in [6.07, 6.45) is 0. The molecule has 0 radical (unpaired) electrons. The van der Waals surface area contributed by atoms with Crippen LogP contribution in [0.1, 0.15) is 18.1 Å². The third kappa shape index (κ3) is 5.82. The largest absolute Gasteiger partial charge is 0.492 e. The van der Waals surface area contributed by atoms with Gasteiger partial charge in [0.2, 0.25) is 0 Å². The molecule has 31 heavy (non-hydrogen) atoms. The maximum Gasteiger partial charge on any atom is 0.331 e. The van der Waals surface area contributed by atoms with Gasteiger partial charge in [-0.15, -0.1) is 0 Å². The van der Waals surface area contributed by atoms with Gasteiger partial charge in [0.15, 0.2) is 6.61 Å². The number of carbonyl (C=O) groups excluding carboxylic acids is 2. The number of aryl methyl sites for hydroxylation is 1. The Morgan fingerprint density at radius 1 is 1.16 bits per heavy atom. The van der Waals surface area contributed by atoms with Crippen LogP contribution in [0, 0.1) is 6.92 Å². The number of ether oxygens (including phenoxy) is 2. The molecule has 0 aromatic heterocycles. The van der Waals surface area contributed by atoms with Crippen molar-refractivity contribution in [1.82, 2.24) is 10.0 Å². The molecule has 10 heteroatoms. The summed E-state index contributed by atoms with van der Waals surface area (Å²) >= 11 is 0. The molecule has 0 saturated carbocycles. The van der Waals surface area contributed by atoms with Gasteiger partial charge >= 0.3 is 5.97 Å². The summed E-state index contributed by atoms with van der Waals surface area (Å²) in [5, 5.41) is 2.59. The highest BCUT2D eigenvalue weighted by atomic mass is 32.2. The minimum Gasteiger partial charge on any atom is -0.492 e. The van der Waals surface area contributed by atoms with E-state index in [9.17, 15) is 18.0 Å². The monoisotopic (exact) mass is 445 g/mol. The third-order valence-electron chi connectivity index (χ3n) is 4.35. The molecule has 2 aromatic rings. The van der Waals surface area contributed by atoms with Crippen LogP contribution in [0.25, 0.3) is 0 Å². The van der Waals surface area contributed by atoms with Crippen molar-refractivity contribution >= 4 is 27.7 Å². The Hall–Kier alpha value is -3.40. The molecule has 0 spiro atoms. The average molecular weight is 445 g/mol. The Morgan fingerprint density at radius 2 is 1.94 bits per heavy atom. The van der Waals surface area contributed by atoms with E-state index in [0.717, 1.165) is 5.56 Å². The van der Waals surface area contributed by atoms with E-state index in [4.69, 9.17) is 9.47 Å². The lowest BCUT2D eigenvalue weighted by molar-refractivity contribution is -0.149. The molecule has 1 amide bonds. The number of aliphatic imine (C=N–C) groups is 1. The molecule has 9 nitrogen and oxygen atoms in total. The van der Waals surface area contributed by atoms with E-state index in [1.54, 1.807) is 18.2 Å². The summed E-state index contributed by atoms with van der Waals surface area (Å²) in [5.41, 5.74) is 1.45. The normalized spacial score (nSPS) is 16.1. The lowest BCUT2D eigenvalue weighted by Crippen LogP contribution is -2.33. The van der Waals surface area contributed by atoms with Crippen LogP contribution in [-0.4, -0.2) is 51.9 Å². The first-order valence-electron chi connectivity index (χ1n) is 9.59. The van der Waals surface area contributed by atoms with E-state index >= 15 is 0 Å². The van der Waals surface area contributed by atoms with Crippen LogP contribution in [0.3, 0.4) is 0 Å². The Kier molecular flexibility index (Phi) is 6.91. The van der Waals surface area contributed by atoms with Crippen LogP contribution in [0.5, 0.6) is 5.75 Å². The first kappa shape index (κ1) is 22.3. The number of amides is 1. The molecule has 0 bridgehead atoms. The lowest BCUT2D eigenvalue weighted by atomic mass is 10.2. The number of rotatable bonds is 8. The van der Waals surface area contributed by atoms with Crippen molar-refractivity contribution in [2.24, 2.45) is 4.99 Å². The second-order valence-corrected chi connectivity index (χ2v) is 8.53. The third-order valence-corrected chi connectivity index (χ3v) is 5.75. The molecular weight excluding hydrogens is 422 g/mol. The van der Waals surface area contributed by atoms with E-state index in [-0.39, 0.29) is 23.9 Å². The lowest BCUT2D eigenvalue weighted by Gasteiger charge is -2.10. The van der Waals surface area contributed by atoms with E-state index < -0.39 is 34.5 Å². The van der Waals surface area contributed by atoms with Crippen LogP contribution in [0.15, 0.2) is 58.4 Å². The Labute approximate surface area is 180 Å². The number of fused-ring (bicyclic) bond motifs is 1. The van der Waals surface area contributed by atoms with Gasteiger partial charge in [-0.3, -0.25) is 14.5 Å². The van der Waals surface area contributed by atoms with Gasteiger partial charge in [-0.2, -0.15) is 0 Å². The predicted molar refractivity (Wildman–Crippen MR) is 113 cm³/mol. The van der Waals surface area contributed by atoms with E-state index in [0.29, 0.717) is 11.3 Å². The van der Waals surface area contributed by atoms with Gasteiger partial charge in [0, 0.05) is 5.56 Å². The van der Waals surface area contributed by atoms with Gasteiger partial charge in [-0.25, -0.2) is 13.2 Å². The number of hydrogen-bond donors (Lipinski definition) is 2. The number of nitrogens with zero attached hydrogens (tertiary/aromatic N) is 1. The molecule has 3 rings (SSSR count). The highest BCUT2D eigenvalue weighted by Crippen LogP contribution is 2.22. The van der Waals surface area contributed by atoms with E-state index in [2.05, 4.69) is 15.0 Å². The summed E-state index contributed by atoms with van der Waals surface area (Å²) in [6, 6.07) is 12.9. The molecule has 1 aliphatic rings. The van der Waals surface area contributed by atoms with Crippen molar-refractivity contribution in [3.8, 4) is 5.75 Å². The van der Waals surface area contributed by atoms with Crippen molar-refractivity contribution in [3.63, 3.8) is 0 Å². The van der Waals surface area contributed by atoms with Gasteiger partial charge < -0.3 is 14.8 Å². The zero-order chi connectivity index (χ0) is 22.4. The SMILES string of the molecule is Cc1cccc(OCCNC(=O)COC(=O)[C@H](C)N=C2NS(=O)(=O)c3ccccc32)c1. The highest BCUT2D eigenvalue weighted by molar-refractivity contribution is 7.90. The molecule has 1 aliphatic heterocycles. The molecule has 0 saturated heterocycles. The quantitative estimate of drug-likeness (QED) is 0.464. The summed E-state index contributed by atoms with van der Waals surface area (Å²) in [7, 11) is -3.70. The Balaban J connectivity index is 1.44. The van der Waals surface area contributed by atoms with Crippen molar-refractivity contribution in [3.05, 3.63) is 59.7 Å². The van der Waals surface area contributed by atoms with Gasteiger partial charge in [-0.05, 0) is 43.7 Å². The molecule has 164 valence electrons. The Morgan fingerprint density at radius 3 is 2.71 bits per heavy atom. The minimum absolute atomic E-state index is 0.0674. The van der Waals surface area contributed by atoms with Gasteiger partial charge in [-0.1, -0.05) is 24.3 Å². The highest BCUT2D eigenvalue weighted by Gasteiger charge is 2.31. The molecule has 0 unspecified atom stereocenters. The fourth-order valence-electron chi connectivity index (χ4n) is 2.85. The summed E-state index contributed by atoms with van der Waals surface area (Å²) in [5.74, 6) is -0.453. The fourth-order valence-corrected chi connectivity index (χ4v) is 4.09. The van der Waals surface area contributed by atoms with Crippen LogP contribution in [0.2, 0.25) is 0 Å². The molecular formula is C21H23N3O6S. The van der Waals surface area contributed by atoms with Crippen molar-refractivity contribution in [1.29, 1.82) is 0 Å². The van der Waals surface area contributed by atoms with Crippen molar-refractivity contribution in [2.75, 3.05) is 19.8 Å². The van der Waals surface area contributed by atoms with Crippen molar-refractivity contribution < 1.29 is 27.5 Å². The number of amidine groups is 1. The molecule has 2 N–H and O–H groups in total. The van der Waals surface area contributed by atoms with Gasteiger partial charge in [0.05, 0.1) is 11.4 Å². The predicted octanol–water partition coefficient (Wildman–Crippen LogP) is 1.16. The second-order valence-electron chi connectivity index (χ2n) is 6.88. The summed E-state index contributed by atoms with van der Waals surface area (Å²) in [6.45, 7) is 3.46. The van der Waals surface area contributed by atoms with Crippen LogP contribution >= 0.6 is 0 Å². The number of carbonyl (C=O) groups is 2. The smallest absolute Gasteiger partial charge is 0.331 e. The molecule has 0 fully saturated rings. The average Bonchev–Trinajstić information content (AvgIpc) is 2.99. The van der Waals surface area contributed by atoms with Crippen LogP contribution < -0.4 is 14.8 Å². The van der Waals surface area contributed by atoms with E-state index in [1.807, 2.05) is 31.2 Å². The van der Waals surface area contributed by atoms with Gasteiger partial charge in [0.25, 0.3) is 15.9 Å². The Bertz CT molecular complexity index is 1110. The number of benzene rings is 2. The number of hydrogen-bond acceptors (Lipinski definition) is 7. The van der Waals surface area contributed by atoms with Crippen LogP contribution in [0.4, 0.5) is 0 Å².